The Kier molecular flexibility index (Phi) is 9.07. The molecule has 0 aliphatic carbocycles. The van der Waals surface area contributed by atoms with Crippen molar-refractivity contribution in [3.8, 4) is 23.0 Å². The number of hydrogen-bond donors (Lipinski definition) is 1. The minimum Gasteiger partial charge on any atom is -0.493 e. The van der Waals surface area contributed by atoms with E-state index in [0.717, 1.165) is 23.9 Å². The van der Waals surface area contributed by atoms with Crippen LogP contribution in [0.1, 0.15) is 5.56 Å². The summed E-state index contributed by atoms with van der Waals surface area (Å²) in [7, 11) is 4.43. The molecule has 214 valence electrons. The van der Waals surface area contributed by atoms with Gasteiger partial charge in [-0.05, 0) is 54.6 Å². The summed E-state index contributed by atoms with van der Waals surface area (Å²) < 4.78 is 57.2. The lowest BCUT2D eigenvalue weighted by atomic mass is 10.1. The number of para-hydroxylation sites is 1. The summed E-state index contributed by atoms with van der Waals surface area (Å²) >= 11 is 1.02. The van der Waals surface area contributed by atoms with Gasteiger partial charge in [0.25, 0.3) is 5.91 Å². The third-order valence-corrected chi connectivity index (χ3v) is 6.51. The van der Waals surface area contributed by atoms with Gasteiger partial charge in [-0.15, -0.1) is 13.2 Å². The zero-order valence-corrected chi connectivity index (χ0v) is 22.8. The van der Waals surface area contributed by atoms with Crippen LogP contribution >= 0.6 is 11.8 Å². The Balaban J connectivity index is 1.56. The van der Waals surface area contributed by atoms with Gasteiger partial charge in [-0.25, -0.2) is 4.99 Å². The number of hydrogen-bond acceptors (Lipinski definition) is 8. The maximum atomic E-state index is 13.5. The summed E-state index contributed by atoms with van der Waals surface area (Å²) in [5.74, 6) is -0.277. The van der Waals surface area contributed by atoms with E-state index in [4.69, 9.17) is 14.2 Å². The van der Waals surface area contributed by atoms with Crippen LogP contribution in [0.4, 0.5) is 24.5 Å². The fraction of sp³-hybridized carbons (Fsp3) is 0.179. The van der Waals surface area contributed by atoms with Crippen LogP contribution < -0.4 is 29.2 Å². The third kappa shape index (κ3) is 7.11. The van der Waals surface area contributed by atoms with Crippen molar-refractivity contribution < 1.29 is 41.7 Å². The lowest BCUT2D eigenvalue weighted by molar-refractivity contribution is -0.274. The maximum absolute atomic E-state index is 13.5. The van der Waals surface area contributed by atoms with Gasteiger partial charge in [-0.1, -0.05) is 30.0 Å². The molecule has 0 unspecified atom stereocenters. The number of nitrogens with one attached hydrogen (secondary N) is 1. The number of methoxy groups -OCH3 is 3. The van der Waals surface area contributed by atoms with E-state index in [1.807, 2.05) is 0 Å². The first-order valence-electron chi connectivity index (χ1n) is 11.9. The number of aliphatic imine (C=N–C) groups is 1. The summed E-state index contributed by atoms with van der Waals surface area (Å²) in [6.45, 7) is 0. The first-order valence-corrected chi connectivity index (χ1v) is 12.9. The summed E-state index contributed by atoms with van der Waals surface area (Å²) in [5.41, 5.74) is 1.44. The fourth-order valence-electron chi connectivity index (χ4n) is 3.85. The predicted octanol–water partition coefficient (Wildman–Crippen LogP) is 5.73. The molecular weight excluding hydrogens is 563 g/mol. The zero-order valence-electron chi connectivity index (χ0n) is 22.0. The highest BCUT2D eigenvalue weighted by Gasteiger charge is 2.33. The van der Waals surface area contributed by atoms with Crippen LogP contribution in [-0.2, 0) is 9.59 Å². The van der Waals surface area contributed by atoms with Gasteiger partial charge in [0.05, 0.1) is 32.8 Å². The number of thioether (sulfide) groups is 1. The molecule has 0 radical (unpaired) electrons. The Bertz CT molecular complexity index is 1480. The molecule has 1 aliphatic rings. The van der Waals surface area contributed by atoms with E-state index in [1.165, 1.54) is 38.4 Å². The molecule has 1 N–H and O–H groups in total. The number of ether oxygens (including phenoxy) is 4. The fourth-order valence-corrected chi connectivity index (χ4v) is 4.66. The van der Waals surface area contributed by atoms with E-state index >= 15 is 0 Å². The predicted molar refractivity (Wildman–Crippen MR) is 150 cm³/mol. The number of benzene rings is 3. The molecule has 1 heterocycles. The van der Waals surface area contributed by atoms with E-state index in [0.29, 0.717) is 28.5 Å². The second-order valence-corrected chi connectivity index (χ2v) is 9.18. The molecule has 0 saturated heterocycles. The van der Waals surface area contributed by atoms with Crippen LogP contribution in [0.2, 0.25) is 0 Å². The van der Waals surface area contributed by atoms with Gasteiger partial charge in [0.2, 0.25) is 11.7 Å². The summed E-state index contributed by atoms with van der Waals surface area (Å²) in [6, 6.07) is 16.9. The Morgan fingerprint density at radius 1 is 0.951 bits per heavy atom. The van der Waals surface area contributed by atoms with Gasteiger partial charge < -0.3 is 24.3 Å². The summed E-state index contributed by atoms with van der Waals surface area (Å²) in [6.07, 6.45) is -3.26. The van der Waals surface area contributed by atoms with Crippen molar-refractivity contribution in [3.63, 3.8) is 0 Å². The molecule has 0 spiro atoms. The standard InChI is InChI=1S/C28H24F3N3O6S/c1-37-22-14-9-17(24(38-2)25(22)39-3)15-21-26(36)34(19-7-5-4-6-8-19)27(33-21)41-16-23(35)32-18-10-12-20(13-11-18)40-28(29,30)31/h4-15H,16H2,1-3H3,(H,32,35)/b21-15+. The molecule has 0 bridgehead atoms. The van der Waals surface area contributed by atoms with Crippen LogP contribution in [0.3, 0.4) is 0 Å². The summed E-state index contributed by atoms with van der Waals surface area (Å²) in [4.78, 5) is 32.0. The highest BCUT2D eigenvalue weighted by atomic mass is 32.2. The maximum Gasteiger partial charge on any atom is 0.573 e. The second kappa shape index (κ2) is 12.7. The average Bonchev–Trinajstić information content (AvgIpc) is 3.26. The number of nitrogens with zero attached hydrogens (tertiary/aromatic N) is 2. The van der Waals surface area contributed by atoms with Crippen molar-refractivity contribution in [3.05, 3.63) is 78.0 Å². The molecule has 13 heteroatoms. The van der Waals surface area contributed by atoms with Crippen molar-refractivity contribution in [2.45, 2.75) is 6.36 Å². The largest absolute Gasteiger partial charge is 0.573 e. The molecule has 0 atom stereocenters. The van der Waals surface area contributed by atoms with Gasteiger partial charge >= 0.3 is 6.36 Å². The average molecular weight is 588 g/mol. The number of amides is 2. The first kappa shape index (κ1) is 29.3. The smallest absolute Gasteiger partial charge is 0.493 e. The molecule has 4 rings (SSSR count). The zero-order chi connectivity index (χ0) is 29.6. The number of halogens is 3. The quantitative estimate of drug-likeness (QED) is 0.320. The Morgan fingerprint density at radius 2 is 1.63 bits per heavy atom. The van der Waals surface area contributed by atoms with Gasteiger partial charge in [0.15, 0.2) is 16.7 Å². The van der Waals surface area contributed by atoms with Crippen molar-refractivity contribution in [2.75, 3.05) is 37.3 Å². The van der Waals surface area contributed by atoms with Crippen molar-refractivity contribution in [2.24, 2.45) is 4.99 Å². The monoisotopic (exact) mass is 587 g/mol. The molecule has 0 saturated carbocycles. The highest BCUT2D eigenvalue weighted by Crippen LogP contribution is 2.41. The molecular formula is C28H24F3N3O6S. The van der Waals surface area contributed by atoms with Gasteiger partial charge in [0, 0.05) is 11.3 Å². The van der Waals surface area contributed by atoms with Crippen LogP contribution in [0, 0.1) is 0 Å². The van der Waals surface area contributed by atoms with Crippen LogP contribution in [0.15, 0.2) is 77.4 Å². The number of rotatable bonds is 9. The van der Waals surface area contributed by atoms with E-state index in [1.54, 1.807) is 48.5 Å². The number of amidine groups is 1. The van der Waals surface area contributed by atoms with E-state index in [2.05, 4.69) is 15.0 Å². The second-order valence-electron chi connectivity index (χ2n) is 8.23. The van der Waals surface area contributed by atoms with Crippen molar-refractivity contribution in [1.82, 2.24) is 0 Å². The lowest BCUT2D eigenvalue weighted by Gasteiger charge is -2.17. The Morgan fingerprint density at radius 3 is 2.24 bits per heavy atom. The SMILES string of the molecule is COc1ccc(/C=C2/N=C(SCC(=O)Nc3ccc(OC(F)(F)F)cc3)N(c3ccccc3)C2=O)c(OC)c1OC. The minimum atomic E-state index is -4.82. The van der Waals surface area contributed by atoms with Crippen LogP contribution in [0.5, 0.6) is 23.0 Å². The molecule has 3 aromatic rings. The number of alkyl halides is 3. The molecule has 41 heavy (non-hydrogen) atoms. The molecule has 1 aliphatic heterocycles. The molecule has 2 amide bonds. The number of anilines is 2. The normalized spacial score (nSPS) is 14.1. The lowest BCUT2D eigenvalue weighted by Crippen LogP contribution is -2.31. The Hall–Kier alpha value is -4.65. The van der Waals surface area contributed by atoms with E-state index in [-0.39, 0.29) is 22.3 Å². The molecule has 9 nitrogen and oxygen atoms in total. The third-order valence-electron chi connectivity index (χ3n) is 5.57. The van der Waals surface area contributed by atoms with Crippen LogP contribution in [-0.4, -0.2) is 50.4 Å². The van der Waals surface area contributed by atoms with Crippen molar-refractivity contribution >= 4 is 46.2 Å². The van der Waals surface area contributed by atoms with Gasteiger partial charge in [-0.3, -0.25) is 14.5 Å². The first-order chi connectivity index (χ1) is 19.6. The topological polar surface area (TPSA) is 98.7 Å². The Labute approximate surface area is 237 Å². The van der Waals surface area contributed by atoms with E-state index in [9.17, 15) is 22.8 Å². The number of carbonyl (C=O) groups excluding carboxylic acids is 2. The van der Waals surface area contributed by atoms with E-state index < -0.39 is 23.9 Å². The molecule has 3 aromatic carbocycles. The molecule has 0 aromatic heterocycles. The van der Waals surface area contributed by atoms with Crippen LogP contribution in [0.25, 0.3) is 6.08 Å². The summed E-state index contributed by atoms with van der Waals surface area (Å²) in [5, 5.41) is 2.86. The van der Waals surface area contributed by atoms with Gasteiger partial charge in [0.1, 0.15) is 11.4 Å². The highest BCUT2D eigenvalue weighted by molar-refractivity contribution is 8.14. The van der Waals surface area contributed by atoms with Crippen molar-refractivity contribution in [1.29, 1.82) is 0 Å². The molecule has 0 fully saturated rings. The minimum absolute atomic E-state index is 0.0996. The number of carbonyl (C=O) groups is 2. The van der Waals surface area contributed by atoms with Gasteiger partial charge in [-0.2, -0.15) is 0 Å².